The van der Waals surface area contributed by atoms with Gasteiger partial charge in [-0.1, -0.05) is 75.7 Å². The molecule has 0 aromatic heterocycles. The molecule has 0 aliphatic carbocycles. The first kappa shape index (κ1) is 22.0. The first-order valence-corrected chi connectivity index (χ1v) is 9.95. The van der Waals surface area contributed by atoms with Gasteiger partial charge in [-0.25, -0.2) is 0 Å². The monoisotopic (exact) mass is 384 g/mol. The number of carbonyl (C=O) groups excluding carboxylic acids is 1. The van der Waals surface area contributed by atoms with Crippen molar-refractivity contribution in [2.75, 3.05) is 13.2 Å². The molecule has 2 aromatic rings. The van der Waals surface area contributed by atoms with Crippen LogP contribution in [-0.2, 0) is 14.3 Å². The fourth-order valence-electron chi connectivity index (χ4n) is 2.79. The standard InChI is InChI=1S/C24H32O4/c1-17(2)24(27-16-15-26-22-13-11-18(3)12-14-22)28-23(25)20(5)19(4)21-9-7-6-8-10-21/h6-14,17,19-20,24H,15-16H2,1-5H3. The van der Waals surface area contributed by atoms with Crippen LogP contribution >= 0.6 is 0 Å². The number of esters is 1. The molecule has 3 atom stereocenters. The summed E-state index contributed by atoms with van der Waals surface area (Å²) in [6.07, 6.45) is -0.584. The summed E-state index contributed by atoms with van der Waals surface area (Å²) < 4.78 is 17.1. The Kier molecular flexibility index (Phi) is 8.52. The van der Waals surface area contributed by atoms with Crippen LogP contribution in [0, 0.1) is 18.8 Å². The van der Waals surface area contributed by atoms with Crippen LogP contribution in [0.3, 0.4) is 0 Å². The molecule has 0 radical (unpaired) electrons. The first-order valence-electron chi connectivity index (χ1n) is 9.95. The van der Waals surface area contributed by atoms with Crippen molar-refractivity contribution >= 4 is 5.97 Å². The third kappa shape index (κ3) is 6.68. The van der Waals surface area contributed by atoms with Crippen molar-refractivity contribution in [3.63, 3.8) is 0 Å². The summed E-state index contributed by atoms with van der Waals surface area (Å²) in [5.41, 5.74) is 2.31. The van der Waals surface area contributed by atoms with Gasteiger partial charge in [-0.05, 0) is 30.5 Å². The van der Waals surface area contributed by atoms with Crippen molar-refractivity contribution in [1.29, 1.82) is 0 Å². The fourth-order valence-corrected chi connectivity index (χ4v) is 2.79. The minimum absolute atomic E-state index is 0.0579. The van der Waals surface area contributed by atoms with Crippen LogP contribution < -0.4 is 4.74 Å². The summed E-state index contributed by atoms with van der Waals surface area (Å²) in [4.78, 5) is 12.6. The maximum atomic E-state index is 12.6. The van der Waals surface area contributed by atoms with E-state index in [1.807, 2.05) is 89.2 Å². The van der Waals surface area contributed by atoms with Gasteiger partial charge in [0.1, 0.15) is 12.4 Å². The van der Waals surface area contributed by atoms with E-state index in [-0.39, 0.29) is 23.7 Å². The molecule has 4 nitrogen and oxygen atoms in total. The van der Waals surface area contributed by atoms with Crippen molar-refractivity contribution in [2.24, 2.45) is 11.8 Å². The van der Waals surface area contributed by atoms with Crippen molar-refractivity contribution in [3.8, 4) is 5.75 Å². The molecule has 2 aromatic carbocycles. The Hall–Kier alpha value is -2.33. The third-order valence-electron chi connectivity index (χ3n) is 4.88. The van der Waals surface area contributed by atoms with Crippen LogP contribution in [0.5, 0.6) is 5.75 Å². The second kappa shape index (κ2) is 10.9. The molecule has 152 valence electrons. The van der Waals surface area contributed by atoms with Gasteiger partial charge >= 0.3 is 5.97 Å². The van der Waals surface area contributed by atoms with Gasteiger partial charge in [0, 0.05) is 5.92 Å². The zero-order valence-electron chi connectivity index (χ0n) is 17.6. The first-order chi connectivity index (χ1) is 13.4. The van der Waals surface area contributed by atoms with Crippen LogP contribution in [0.2, 0.25) is 0 Å². The Bertz CT molecular complexity index is 709. The van der Waals surface area contributed by atoms with Gasteiger partial charge in [-0.2, -0.15) is 0 Å². The Balaban J connectivity index is 1.82. The zero-order valence-corrected chi connectivity index (χ0v) is 17.6. The van der Waals surface area contributed by atoms with Crippen LogP contribution in [-0.4, -0.2) is 25.5 Å². The van der Waals surface area contributed by atoms with E-state index in [4.69, 9.17) is 14.2 Å². The lowest BCUT2D eigenvalue weighted by atomic mass is 9.89. The van der Waals surface area contributed by atoms with Gasteiger partial charge in [0.25, 0.3) is 0 Å². The van der Waals surface area contributed by atoms with Gasteiger partial charge < -0.3 is 14.2 Å². The molecule has 0 aliphatic heterocycles. The predicted molar refractivity (Wildman–Crippen MR) is 111 cm³/mol. The molecule has 0 spiro atoms. The molecule has 2 rings (SSSR count). The van der Waals surface area contributed by atoms with E-state index >= 15 is 0 Å². The topological polar surface area (TPSA) is 44.8 Å². The Morgan fingerprint density at radius 2 is 1.54 bits per heavy atom. The lowest BCUT2D eigenvalue weighted by Gasteiger charge is -2.25. The number of hydrogen-bond donors (Lipinski definition) is 0. The van der Waals surface area contributed by atoms with E-state index in [9.17, 15) is 4.79 Å². The Labute approximate surface area is 168 Å². The highest BCUT2D eigenvalue weighted by Crippen LogP contribution is 2.26. The normalized spacial score (nSPS) is 14.4. The summed E-state index contributed by atoms with van der Waals surface area (Å²) in [5, 5.41) is 0. The molecule has 0 saturated heterocycles. The summed E-state index contributed by atoms with van der Waals surface area (Å²) in [6, 6.07) is 17.9. The molecule has 0 heterocycles. The maximum Gasteiger partial charge on any atom is 0.311 e. The molecule has 0 amide bonds. The van der Waals surface area contributed by atoms with Crippen LogP contribution in [0.1, 0.15) is 44.7 Å². The number of benzene rings is 2. The van der Waals surface area contributed by atoms with E-state index in [1.165, 1.54) is 5.56 Å². The summed E-state index contributed by atoms with van der Waals surface area (Å²) in [6.45, 7) is 10.7. The summed E-state index contributed by atoms with van der Waals surface area (Å²) >= 11 is 0. The second-order valence-electron chi connectivity index (χ2n) is 7.57. The minimum atomic E-state index is -0.584. The lowest BCUT2D eigenvalue weighted by molar-refractivity contribution is -0.194. The molecule has 0 N–H and O–H groups in total. The highest BCUT2D eigenvalue weighted by Gasteiger charge is 2.27. The SMILES string of the molecule is Cc1ccc(OCCOC(OC(=O)C(C)C(C)c2ccccc2)C(C)C)cc1. The molecule has 0 bridgehead atoms. The van der Waals surface area contributed by atoms with Crippen LogP contribution in [0.25, 0.3) is 0 Å². The average Bonchev–Trinajstić information content (AvgIpc) is 2.70. The average molecular weight is 385 g/mol. The third-order valence-corrected chi connectivity index (χ3v) is 4.88. The number of rotatable bonds is 10. The zero-order chi connectivity index (χ0) is 20.5. The largest absolute Gasteiger partial charge is 0.491 e. The van der Waals surface area contributed by atoms with Crippen molar-refractivity contribution < 1.29 is 19.0 Å². The van der Waals surface area contributed by atoms with Crippen LogP contribution in [0.15, 0.2) is 54.6 Å². The van der Waals surface area contributed by atoms with Gasteiger partial charge in [-0.15, -0.1) is 0 Å². The molecule has 0 aliphatic rings. The predicted octanol–water partition coefficient (Wildman–Crippen LogP) is 5.36. The number of aryl methyl sites for hydroxylation is 1. The lowest BCUT2D eigenvalue weighted by Crippen LogP contribution is -2.32. The quantitative estimate of drug-likeness (QED) is 0.314. The Morgan fingerprint density at radius 3 is 2.14 bits per heavy atom. The maximum absolute atomic E-state index is 12.6. The molecule has 0 saturated carbocycles. The van der Waals surface area contributed by atoms with Crippen LogP contribution in [0.4, 0.5) is 0 Å². The molecular weight excluding hydrogens is 352 g/mol. The van der Waals surface area contributed by atoms with Gasteiger partial charge in [-0.3, -0.25) is 4.79 Å². The highest BCUT2D eigenvalue weighted by molar-refractivity contribution is 5.73. The van der Waals surface area contributed by atoms with E-state index in [2.05, 4.69) is 0 Å². The van der Waals surface area contributed by atoms with E-state index < -0.39 is 6.29 Å². The number of carbonyl (C=O) groups is 1. The number of ether oxygens (including phenoxy) is 3. The molecule has 3 unspecified atom stereocenters. The molecule has 4 heteroatoms. The van der Waals surface area contributed by atoms with Crippen molar-refractivity contribution in [3.05, 3.63) is 65.7 Å². The van der Waals surface area contributed by atoms with E-state index in [0.29, 0.717) is 13.2 Å². The molecule has 0 fully saturated rings. The van der Waals surface area contributed by atoms with Crippen molar-refractivity contribution in [1.82, 2.24) is 0 Å². The number of hydrogen-bond acceptors (Lipinski definition) is 4. The van der Waals surface area contributed by atoms with Gasteiger partial charge in [0.2, 0.25) is 6.29 Å². The highest BCUT2D eigenvalue weighted by atomic mass is 16.7. The second-order valence-corrected chi connectivity index (χ2v) is 7.57. The Morgan fingerprint density at radius 1 is 0.893 bits per heavy atom. The van der Waals surface area contributed by atoms with E-state index in [1.54, 1.807) is 0 Å². The molecular formula is C24H32O4. The fraction of sp³-hybridized carbons (Fsp3) is 0.458. The summed E-state index contributed by atoms with van der Waals surface area (Å²) in [7, 11) is 0. The molecule has 28 heavy (non-hydrogen) atoms. The summed E-state index contributed by atoms with van der Waals surface area (Å²) in [5.74, 6) is 0.442. The van der Waals surface area contributed by atoms with Gasteiger partial charge in [0.05, 0.1) is 12.5 Å². The van der Waals surface area contributed by atoms with Gasteiger partial charge in [0.15, 0.2) is 0 Å². The minimum Gasteiger partial charge on any atom is -0.491 e. The van der Waals surface area contributed by atoms with E-state index in [0.717, 1.165) is 11.3 Å². The smallest absolute Gasteiger partial charge is 0.311 e. The van der Waals surface area contributed by atoms with Crippen molar-refractivity contribution in [2.45, 2.75) is 46.8 Å².